The largest absolute Gasteiger partial charge is 0.444 e. The zero-order chi connectivity index (χ0) is 14.0. The minimum absolute atomic E-state index is 0.0278. The fraction of sp³-hybridized carbons (Fsp3) is 0.692. The summed E-state index contributed by atoms with van der Waals surface area (Å²) in [6, 6.07) is 0.0278. The molecule has 106 valence electrons. The molecule has 1 aliphatic heterocycles. The topological polar surface area (TPSA) is 67.3 Å². The minimum Gasteiger partial charge on any atom is -0.444 e. The van der Waals surface area contributed by atoms with Gasteiger partial charge in [0.1, 0.15) is 5.60 Å². The second kappa shape index (κ2) is 5.11. The Morgan fingerprint density at radius 1 is 1.47 bits per heavy atom. The van der Waals surface area contributed by atoms with E-state index in [0.29, 0.717) is 13.1 Å². The number of carbonyl (C=O) groups excluding carboxylic acids is 1. The Labute approximate surface area is 112 Å². The second-order valence-corrected chi connectivity index (χ2v) is 5.89. The number of imidazole rings is 1. The molecule has 19 heavy (non-hydrogen) atoms. The molecule has 1 unspecified atom stereocenters. The van der Waals surface area contributed by atoms with Crippen LogP contribution in [0.1, 0.15) is 39.7 Å². The number of ether oxygens (including phenoxy) is 1. The Bertz CT molecular complexity index is 498. The van der Waals surface area contributed by atoms with Crippen LogP contribution in [0.3, 0.4) is 0 Å². The molecule has 2 rings (SSSR count). The van der Waals surface area contributed by atoms with Crippen LogP contribution in [-0.4, -0.2) is 39.2 Å². The number of aromatic amines is 1. The van der Waals surface area contributed by atoms with E-state index < -0.39 is 5.60 Å². The smallest absolute Gasteiger partial charge is 0.410 e. The lowest BCUT2D eigenvalue weighted by molar-refractivity contribution is 0.0171. The molecule has 0 aromatic carbocycles. The van der Waals surface area contributed by atoms with Crippen LogP contribution in [0.25, 0.3) is 0 Å². The van der Waals surface area contributed by atoms with Crippen molar-refractivity contribution in [2.24, 2.45) is 0 Å². The molecule has 1 aromatic rings. The van der Waals surface area contributed by atoms with E-state index in [0.717, 1.165) is 12.8 Å². The summed E-state index contributed by atoms with van der Waals surface area (Å²) in [5, 5.41) is 0. The molecule has 0 aliphatic carbocycles. The van der Waals surface area contributed by atoms with Crippen LogP contribution in [0.5, 0.6) is 0 Å². The molecule has 6 nitrogen and oxygen atoms in total. The van der Waals surface area contributed by atoms with E-state index >= 15 is 0 Å². The normalized spacial score (nSPS) is 20.4. The van der Waals surface area contributed by atoms with Gasteiger partial charge in [-0.1, -0.05) is 0 Å². The van der Waals surface area contributed by atoms with Gasteiger partial charge in [-0.25, -0.2) is 9.59 Å². The molecular formula is C13H21N3O3. The molecule has 0 bridgehead atoms. The number of likely N-dealkylation sites (tertiary alicyclic amines) is 1. The number of amides is 1. The van der Waals surface area contributed by atoms with Crippen LogP contribution in [-0.2, 0) is 4.74 Å². The average molecular weight is 267 g/mol. The van der Waals surface area contributed by atoms with Crippen molar-refractivity contribution in [3.05, 3.63) is 22.9 Å². The van der Waals surface area contributed by atoms with E-state index in [1.165, 1.54) is 0 Å². The minimum atomic E-state index is -0.491. The number of piperidine rings is 1. The zero-order valence-corrected chi connectivity index (χ0v) is 11.7. The molecule has 0 spiro atoms. The van der Waals surface area contributed by atoms with E-state index in [4.69, 9.17) is 4.74 Å². The highest BCUT2D eigenvalue weighted by molar-refractivity contribution is 5.68. The standard InChI is InChI=1S/C13H21N3O3/c1-13(2,3)19-12(18)15-7-4-5-10(9-15)16-8-6-14-11(16)17/h6,8,10H,4-5,7,9H2,1-3H3,(H,14,17). The van der Waals surface area contributed by atoms with Gasteiger partial charge in [-0.05, 0) is 33.6 Å². The summed E-state index contributed by atoms with van der Waals surface area (Å²) in [6.45, 7) is 6.76. The first-order chi connectivity index (χ1) is 8.87. The SMILES string of the molecule is CC(C)(C)OC(=O)N1CCCC(n2cc[nH]c2=O)C1. The number of nitrogens with zero attached hydrogens (tertiary/aromatic N) is 2. The fourth-order valence-corrected chi connectivity index (χ4v) is 2.29. The van der Waals surface area contributed by atoms with Gasteiger partial charge in [0.15, 0.2) is 0 Å². The number of hydrogen-bond donors (Lipinski definition) is 1. The van der Waals surface area contributed by atoms with E-state index in [9.17, 15) is 9.59 Å². The molecule has 1 aromatic heterocycles. The van der Waals surface area contributed by atoms with Gasteiger partial charge in [-0.3, -0.25) is 4.57 Å². The highest BCUT2D eigenvalue weighted by Gasteiger charge is 2.28. The number of aromatic nitrogens is 2. The zero-order valence-electron chi connectivity index (χ0n) is 11.7. The predicted octanol–water partition coefficient (Wildman–Crippen LogP) is 1.75. The molecule has 1 amide bonds. The maximum absolute atomic E-state index is 12.0. The summed E-state index contributed by atoms with van der Waals surface area (Å²) in [7, 11) is 0. The Balaban J connectivity index is 2.04. The van der Waals surface area contributed by atoms with E-state index in [-0.39, 0.29) is 17.8 Å². The molecule has 1 fully saturated rings. The van der Waals surface area contributed by atoms with Crippen molar-refractivity contribution in [3.63, 3.8) is 0 Å². The van der Waals surface area contributed by atoms with Crippen molar-refractivity contribution >= 4 is 6.09 Å². The molecule has 1 aliphatic rings. The Morgan fingerprint density at radius 3 is 2.79 bits per heavy atom. The lowest BCUT2D eigenvalue weighted by atomic mass is 10.1. The molecular weight excluding hydrogens is 246 g/mol. The summed E-state index contributed by atoms with van der Waals surface area (Å²) in [5.74, 6) is 0. The molecule has 1 saturated heterocycles. The third-order valence-electron chi connectivity index (χ3n) is 3.12. The summed E-state index contributed by atoms with van der Waals surface area (Å²) in [5.41, 5.74) is -0.620. The van der Waals surface area contributed by atoms with Crippen LogP contribution in [0.15, 0.2) is 17.2 Å². The maximum atomic E-state index is 12.0. The Kier molecular flexibility index (Phi) is 3.68. The van der Waals surface area contributed by atoms with Crippen LogP contribution in [0, 0.1) is 0 Å². The van der Waals surface area contributed by atoms with Gasteiger partial charge in [0.05, 0.1) is 6.04 Å². The van der Waals surface area contributed by atoms with Gasteiger partial charge in [0.25, 0.3) is 0 Å². The van der Waals surface area contributed by atoms with Crippen LogP contribution >= 0.6 is 0 Å². The number of nitrogens with one attached hydrogen (secondary N) is 1. The van der Waals surface area contributed by atoms with Gasteiger partial charge in [-0.2, -0.15) is 0 Å². The molecule has 1 N–H and O–H groups in total. The van der Waals surface area contributed by atoms with E-state index in [2.05, 4.69) is 4.98 Å². The maximum Gasteiger partial charge on any atom is 0.410 e. The first-order valence-electron chi connectivity index (χ1n) is 6.60. The highest BCUT2D eigenvalue weighted by Crippen LogP contribution is 2.21. The first kappa shape index (κ1) is 13.7. The van der Waals surface area contributed by atoms with Gasteiger partial charge >= 0.3 is 11.8 Å². The lowest BCUT2D eigenvalue weighted by Crippen LogP contribution is -2.44. The molecule has 1 atom stereocenters. The number of H-pyrrole nitrogens is 1. The summed E-state index contributed by atoms with van der Waals surface area (Å²) in [6.07, 6.45) is 4.82. The van der Waals surface area contributed by atoms with Gasteiger partial charge in [0.2, 0.25) is 0 Å². The van der Waals surface area contributed by atoms with Crippen molar-refractivity contribution in [1.29, 1.82) is 0 Å². The molecule has 0 radical (unpaired) electrons. The van der Waals surface area contributed by atoms with Crippen molar-refractivity contribution in [3.8, 4) is 0 Å². The number of carbonyl (C=O) groups is 1. The Hall–Kier alpha value is -1.72. The highest BCUT2D eigenvalue weighted by atomic mass is 16.6. The van der Waals surface area contributed by atoms with Crippen molar-refractivity contribution in [1.82, 2.24) is 14.5 Å². The van der Waals surface area contributed by atoms with Gasteiger partial charge < -0.3 is 14.6 Å². The summed E-state index contributed by atoms with van der Waals surface area (Å²) < 4.78 is 7.01. The van der Waals surface area contributed by atoms with E-state index in [1.807, 2.05) is 20.8 Å². The number of rotatable bonds is 1. The third-order valence-corrected chi connectivity index (χ3v) is 3.12. The summed E-state index contributed by atoms with van der Waals surface area (Å²) >= 11 is 0. The summed E-state index contributed by atoms with van der Waals surface area (Å²) in [4.78, 5) is 27.9. The molecule has 6 heteroatoms. The number of hydrogen-bond acceptors (Lipinski definition) is 3. The van der Waals surface area contributed by atoms with Gasteiger partial charge in [-0.15, -0.1) is 0 Å². The fourth-order valence-electron chi connectivity index (χ4n) is 2.29. The molecule has 2 heterocycles. The van der Waals surface area contributed by atoms with Crippen LogP contribution < -0.4 is 5.69 Å². The average Bonchev–Trinajstić information content (AvgIpc) is 2.73. The van der Waals surface area contributed by atoms with E-state index in [1.54, 1.807) is 21.9 Å². The van der Waals surface area contributed by atoms with Crippen molar-refractivity contribution in [2.45, 2.75) is 45.3 Å². The predicted molar refractivity (Wildman–Crippen MR) is 71.1 cm³/mol. The molecule has 0 saturated carbocycles. The Morgan fingerprint density at radius 2 is 2.21 bits per heavy atom. The van der Waals surface area contributed by atoms with Crippen molar-refractivity contribution < 1.29 is 9.53 Å². The van der Waals surface area contributed by atoms with Gasteiger partial charge in [0, 0.05) is 25.5 Å². The third kappa shape index (κ3) is 3.39. The lowest BCUT2D eigenvalue weighted by Gasteiger charge is -2.34. The van der Waals surface area contributed by atoms with Crippen LogP contribution in [0.4, 0.5) is 4.79 Å². The van der Waals surface area contributed by atoms with Crippen molar-refractivity contribution in [2.75, 3.05) is 13.1 Å². The quantitative estimate of drug-likeness (QED) is 0.843. The van der Waals surface area contributed by atoms with Crippen LogP contribution in [0.2, 0.25) is 0 Å². The second-order valence-electron chi connectivity index (χ2n) is 5.89. The monoisotopic (exact) mass is 267 g/mol. The first-order valence-corrected chi connectivity index (χ1v) is 6.60.